The monoisotopic (exact) mass is 404 g/mol. The van der Waals surface area contributed by atoms with Gasteiger partial charge in [-0.1, -0.05) is 56.3 Å². The molecule has 0 spiro atoms. The number of aromatic amines is 1. The maximum atomic E-state index is 12.5. The van der Waals surface area contributed by atoms with E-state index in [0.29, 0.717) is 27.5 Å². The predicted molar refractivity (Wildman–Crippen MR) is 116 cm³/mol. The minimum absolute atomic E-state index is 0.0509. The number of fused-ring (bicyclic) bond motifs is 1. The number of rotatable bonds is 5. The first-order valence-corrected chi connectivity index (χ1v) is 10.2. The van der Waals surface area contributed by atoms with Gasteiger partial charge in [-0.15, -0.1) is 11.3 Å². The fourth-order valence-corrected chi connectivity index (χ4v) is 3.86. The van der Waals surface area contributed by atoms with Gasteiger partial charge in [0, 0.05) is 16.3 Å². The third-order valence-electron chi connectivity index (χ3n) is 4.73. The summed E-state index contributed by atoms with van der Waals surface area (Å²) in [6, 6.07) is 15.4. The Kier molecular flexibility index (Phi) is 5.22. The van der Waals surface area contributed by atoms with Crippen LogP contribution in [0.5, 0.6) is 0 Å². The Morgan fingerprint density at radius 1 is 1.10 bits per heavy atom. The first-order chi connectivity index (χ1) is 14.0. The van der Waals surface area contributed by atoms with Gasteiger partial charge in [0.25, 0.3) is 5.56 Å². The number of anilines is 1. The van der Waals surface area contributed by atoms with Gasteiger partial charge in [0.15, 0.2) is 5.13 Å². The highest BCUT2D eigenvalue weighted by molar-refractivity contribution is 7.14. The summed E-state index contributed by atoms with van der Waals surface area (Å²) in [5.41, 5.74) is 3.38. The predicted octanol–water partition coefficient (Wildman–Crippen LogP) is 4.35. The van der Waals surface area contributed by atoms with Gasteiger partial charge in [-0.3, -0.25) is 9.59 Å². The number of benzene rings is 2. The van der Waals surface area contributed by atoms with Crippen LogP contribution in [0.25, 0.3) is 22.0 Å². The van der Waals surface area contributed by atoms with Gasteiger partial charge in [-0.05, 0) is 17.5 Å². The fraction of sp³-hybridized carbons (Fsp3) is 0.182. The highest BCUT2D eigenvalue weighted by Gasteiger charge is 2.13. The quantitative estimate of drug-likeness (QED) is 0.518. The van der Waals surface area contributed by atoms with Crippen molar-refractivity contribution in [2.75, 3.05) is 5.32 Å². The van der Waals surface area contributed by atoms with Crippen LogP contribution in [0, 0.1) is 0 Å². The van der Waals surface area contributed by atoms with Crippen molar-refractivity contribution in [2.24, 2.45) is 0 Å². The van der Waals surface area contributed by atoms with E-state index in [0.717, 1.165) is 11.3 Å². The molecule has 6 nitrogen and oxygen atoms in total. The Morgan fingerprint density at radius 3 is 2.55 bits per heavy atom. The van der Waals surface area contributed by atoms with Crippen molar-refractivity contribution < 1.29 is 4.79 Å². The van der Waals surface area contributed by atoms with Crippen molar-refractivity contribution in [3.63, 3.8) is 0 Å². The van der Waals surface area contributed by atoms with Crippen LogP contribution in [-0.4, -0.2) is 21.1 Å². The summed E-state index contributed by atoms with van der Waals surface area (Å²) in [4.78, 5) is 28.9. The van der Waals surface area contributed by atoms with Gasteiger partial charge in [0.2, 0.25) is 5.91 Å². The molecular formula is C22H20N4O2S. The number of nitrogens with zero attached hydrogens (tertiary/aromatic N) is 2. The summed E-state index contributed by atoms with van der Waals surface area (Å²) in [5, 5.41) is 13.0. The summed E-state index contributed by atoms with van der Waals surface area (Å²) in [7, 11) is 0. The van der Waals surface area contributed by atoms with Gasteiger partial charge >= 0.3 is 0 Å². The molecule has 0 fully saturated rings. The number of hydrogen-bond donors (Lipinski definition) is 2. The molecule has 2 aromatic heterocycles. The molecular weight excluding hydrogens is 384 g/mol. The summed E-state index contributed by atoms with van der Waals surface area (Å²) >= 11 is 1.38. The molecule has 0 bridgehead atoms. The summed E-state index contributed by atoms with van der Waals surface area (Å²) in [5.74, 6) is 0.248. The van der Waals surface area contributed by atoms with Crippen LogP contribution in [0.3, 0.4) is 0 Å². The molecule has 146 valence electrons. The molecule has 2 N–H and O–H groups in total. The van der Waals surface area contributed by atoms with Crippen molar-refractivity contribution in [2.45, 2.75) is 26.2 Å². The molecule has 7 heteroatoms. The Morgan fingerprint density at radius 2 is 1.83 bits per heavy atom. The van der Waals surface area contributed by atoms with E-state index in [-0.39, 0.29) is 17.9 Å². The summed E-state index contributed by atoms with van der Waals surface area (Å²) in [6.07, 6.45) is 0.0509. The maximum Gasteiger partial charge on any atom is 0.272 e. The van der Waals surface area contributed by atoms with Gasteiger partial charge in [0.1, 0.15) is 0 Å². The second-order valence-corrected chi connectivity index (χ2v) is 7.94. The van der Waals surface area contributed by atoms with Crippen LogP contribution in [0.1, 0.15) is 31.0 Å². The number of nitrogens with one attached hydrogen (secondary N) is 2. The third-order valence-corrected chi connectivity index (χ3v) is 5.48. The first kappa shape index (κ1) is 19.0. The highest BCUT2D eigenvalue weighted by Crippen LogP contribution is 2.26. The second-order valence-electron chi connectivity index (χ2n) is 7.08. The molecule has 2 aromatic carbocycles. The Balaban J connectivity index is 1.49. The zero-order valence-corrected chi connectivity index (χ0v) is 16.9. The van der Waals surface area contributed by atoms with E-state index in [4.69, 9.17) is 0 Å². The normalized spacial score (nSPS) is 11.1. The molecule has 0 saturated heterocycles. The van der Waals surface area contributed by atoms with E-state index >= 15 is 0 Å². The SMILES string of the molecule is CC(C)c1ccc(-c2csc(NC(=O)Cc3n[nH]c(=O)c4ccccc34)n2)cc1. The molecule has 0 aliphatic heterocycles. The number of carbonyl (C=O) groups excluding carboxylic acids is 1. The van der Waals surface area contributed by atoms with Crippen LogP contribution >= 0.6 is 11.3 Å². The lowest BCUT2D eigenvalue weighted by Crippen LogP contribution is -2.18. The van der Waals surface area contributed by atoms with Crippen LogP contribution in [-0.2, 0) is 11.2 Å². The van der Waals surface area contributed by atoms with Crippen molar-refractivity contribution in [3.8, 4) is 11.3 Å². The van der Waals surface area contributed by atoms with Crippen LogP contribution in [0.4, 0.5) is 5.13 Å². The lowest BCUT2D eigenvalue weighted by Gasteiger charge is -2.06. The number of carbonyl (C=O) groups is 1. The van der Waals surface area contributed by atoms with Crippen LogP contribution < -0.4 is 10.9 Å². The lowest BCUT2D eigenvalue weighted by molar-refractivity contribution is -0.115. The molecule has 4 rings (SSSR count). The molecule has 0 atom stereocenters. The van der Waals surface area contributed by atoms with E-state index in [9.17, 15) is 9.59 Å². The maximum absolute atomic E-state index is 12.5. The number of hydrogen-bond acceptors (Lipinski definition) is 5. The van der Waals surface area contributed by atoms with Gasteiger partial charge in [-0.2, -0.15) is 5.10 Å². The van der Waals surface area contributed by atoms with Crippen LogP contribution in [0.2, 0.25) is 0 Å². The van der Waals surface area contributed by atoms with Gasteiger partial charge < -0.3 is 5.32 Å². The topological polar surface area (TPSA) is 87.7 Å². The number of thiazole rings is 1. The van der Waals surface area contributed by atoms with Gasteiger partial charge in [0.05, 0.1) is 23.2 Å². The molecule has 0 aliphatic rings. The number of aromatic nitrogens is 3. The average molecular weight is 404 g/mol. The Hall–Kier alpha value is -3.32. The Labute approximate surface area is 171 Å². The number of amides is 1. The molecule has 4 aromatic rings. The average Bonchev–Trinajstić information content (AvgIpc) is 3.19. The molecule has 2 heterocycles. The van der Waals surface area contributed by atoms with Crippen molar-refractivity contribution in [1.82, 2.24) is 15.2 Å². The van der Waals surface area contributed by atoms with Crippen molar-refractivity contribution in [1.29, 1.82) is 0 Å². The van der Waals surface area contributed by atoms with Crippen LogP contribution in [0.15, 0.2) is 58.7 Å². The fourth-order valence-electron chi connectivity index (χ4n) is 3.12. The molecule has 0 aliphatic carbocycles. The third kappa shape index (κ3) is 4.09. The highest BCUT2D eigenvalue weighted by atomic mass is 32.1. The molecule has 0 radical (unpaired) electrons. The summed E-state index contributed by atoms with van der Waals surface area (Å²) < 4.78 is 0. The van der Waals surface area contributed by atoms with E-state index in [1.807, 2.05) is 23.6 Å². The minimum atomic E-state index is -0.266. The van der Waals surface area contributed by atoms with E-state index in [1.54, 1.807) is 18.2 Å². The lowest BCUT2D eigenvalue weighted by atomic mass is 10.0. The van der Waals surface area contributed by atoms with E-state index < -0.39 is 0 Å². The largest absolute Gasteiger partial charge is 0.302 e. The Bertz CT molecular complexity index is 1230. The number of H-pyrrole nitrogens is 1. The molecule has 29 heavy (non-hydrogen) atoms. The minimum Gasteiger partial charge on any atom is -0.302 e. The standard InChI is InChI=1S/C22H20N4O2S/c1-13(2)14-7-9-15(10-8-14)19-12-29-22(23-19)24-20(27)11-18-16-5-3-4-6-17(16)21(28)26-25-18/h3-10,12-13H,11H2,1-2H3,(H,26,28)(H,23,24,27). The second kappa shape index (κ2) is 7.97. The zero-order valence-electron chi connectivity index (χ0n) is 16.1. The van der Waals surface area contributed by atoms with E-state index in [2.05, 4.69) is 46.5 Å². The molecule has 0 unspecified atom stereocenters. The smallest absolute Gasteiger partial charge is 0.272 e. The first-order valence-electron chi connectivity index (χ1n) is 9.33. The zero-order chi connectivity index (χ0) is 20.4. The molecule has 0 saturated carbocycles. The van der Waals surface area contributed by atoms with Crippen molar-refractivity contribution >= 4 is 33.1 Å². The summed E-state index contributed by atoms with van der Waals surface area (Å²) in [6.45, 7) is 4.32. The van der Waals surface area contributed by atoms with Gasteiger partial charge in [-0.25, -0.2) is 10.1 Å². The van der Waals surface area contributed by atoms with E-state index in [1.165, 1.54) is 16.9 Å². The van der Waals surface area contributed by atoms with Crippen molar-refractivity contribution in [3.05, 3.63) is 75.5 Å². The molecule has 1 amide bonds.